The van der Waals surface area contributed by atoms with Crippen LogP contribution in [0.4, 0.5) is 0 Å². The predicted octanol–water partition coefficient (Wildman–Crippen LogP) is 2.53. The van der Waals surface area contributed by atoms with Crippen molar-refractivity contribution < 1.29 is 4.79 Å². The van der Waals surface area contributed by atoms with E-state index in [1.54, 1.807) is 0 Å². The topological polar surface area (TPSA) is 71.8 Å². The quantitative estimate of drug-likeness (QED) is 0.758. The van der Waals surface area contributed by atoms with Gasteiger partial charge in [0.1, 0.15) is 11.5 Å². The first kappa shape index (κ1) is 14.2. The Hall–Kier alpha value is -1.84. The van der Waals surface area contributed by atoms with Gasteiger partial charge in [0.15, 0.2) is 0 Å². The van der Waals surface area contributed by atoms with Crippen molar-refractivity contribution in [2.75, 3.05) is 0 Å². The largest absolute Gasteiger partial charge is 0.364 e. The van der Waals surface area contributed by atoms with Gasteiger partial charge in [0.25, 0.3) is 5.91 Å². The number of hydrogen-bond acceptors (Lipinski definition) is 2. The second kappa shape index (κ2) is 6.79. The number of rotatable bonds is 6. The Labute approximate surface area is 108 Å². The van der Waals surface area contributed by atoms with Gasteiger partial charge in [-0.15, -0.1) is 0 Å². The third-order valence-corrected chi connectivity index (χ3v) is 2.62. The number of imidazole rings is 1. The normalized spacial score (nSPS) is 12.3. The van der Waals surface area contributed by atoms with Crippen LogP contribution in [0, 0.1) is 0 Å². The van der Waals surface area contributed by atoms with E-state index in [2.05, 4.69) is 29.9 Å². The number of aromatic nitrogens is 2. The molecule has 1 aromatic rings. The van der Waals surface area contributed by atoms with Crippen molar-refractivity contribution in [3.05, 3.63) is 41.0 Å². The summed E-state index contributed by atoms with van der Waals surface area (Å²) in [6.45, 7) is 6.14. The molecule has 0 saturated carbocycles. The zero-order valence-corrected chi connectivity index (χ0v) is 11.3. The highest BCUT2D eigenvalue weighted by Gasteiger charge is 2.12. The zero-order chi connectivity index (χ0) is 13.5. The molecule has 0 unspecified atom stereocenters. The number of H-pyrrole nitrogens is 1. The monoisotopic (exact) mass is 247 g/mol. The number of carbonyl (C=O) groups is 1. The van der Waals surface area contributed by atoms with E-state index in [-0.39, 0.29) is 0 Å². The molecule has 0 aliphatic heterocycles. The van der Waals surface area contributed by atoms with Crippen molar-refractivity contribution in [1.82, 2.24) is 9.97 Å². The Balaban J connectivity index is 2.81. The third kappa shape index (κ3) is 3.87. The lowest BCUT2D eigenvalue weighted by atomic mass is 10.2. The molecule has 18 heavy (non-hydrogen) atoms. The van der Waals surface area contributed by atoms with Gasteiger partial charge in [-0.1, -0.05) is 37.6 Å². The average molecular weight is 247 g/mol. The molecule has 0 bridgehead atoms. The smallest absolute Gasteiger partial charge is 0.269 e. The number of nitrogens with one attached hydrogen (secondary N) is 1. The number of nitrogens with zero attached hydrogens (tertiary/aromatic N) is 1. The third-order valence-electron chi connectivity index (χ3n) is 2.62. The molecule has 4 heteroatoms. The lowest BCUT2D eigenvalue weighted by Crippen LogP contribution is -2.13. The van der Waals surface area contributed by atoms with Crippen LogP contribution in [0.15, 0.2) is 23.8 Å². The average Bonchev–Trinajstić information content (AvgIpc) is 2.73. The number of hydrogen-bond donors (Lipinski definition) is 2. The van der Waals surface area contributed by atoms with Crippen LogP contribution in [0.2, 0.25) is 0 Å². The molecular formula is C14H21N3O. The van der Waals surface area contributed by atoms with Crippen LogP contribution < -0.4 is 5.73 Å². The molecule has 98 valence electrons. The summed E-state index contributed by atoms with van der Waals surface area (Å²) in [5.41, 5.74) is 7.67. The first-order valence-corrected chi connectivity index (χ1v) is 6.29. The minimum Gasteiger partial charge on any atom is -0.364 e. The highest BCUT2D eigenvalue weighted by Crippen LogP contribution is 2.09. The Morgan fingerprint density at radius 2 is 2.17 bits per heavy atom. The molecule has 0 saturated heterocycles. The molecule has 1 rings (SSSR count). The van der Waals surface area contributed by atoms with E-state index >= 15 is 0 Å². The van der Waals surface area contributed by atoms with E-state index in [0.29, 0.717) is 12.1 Å². The van der Waals surface area contributed by atoms with Crippen LogP contribution in [0.1, 0.15) is 49.2 Å². The predicted molar refractivity (Wildman–Crippen MR) is 73.4 cm³/mol. The first-order valence-electron chi connectivity index (χ1n) is 6.29. The Kier molecular flexibility index (Phi) is 5.36. The molecule has 0 spiro atoms. The van der Waals surface area contributed by atoms with Crippen LogP contribution in [0.5, 0.6) is 0 Å². The molecule has 1 amide bonds. The summed E-state index contributed by atoms with van der Waals surface area (Å²) in [6, 6.07) is 0. The second-order valence-corrected chi connectivity index (χ2v) is 4.19. The SMILES string of the molecule is CCC=C(C)C=CCc1[nH]c(CC)nc1C(N)=O. The van der Waals surface area contributed by atoms with Crippen LogP contribution in [-0.4, -0.2) is 15.9 Å². The molecule has 0 atom stereocenters. The summed E-state index contributed by atoms with van der Waals surface area (Å²) in [4.78, 5) is 18.6. The van der Waals surface area contributed by atoms with Crippen molar-refractivity contribution >= 4 is 5.91 Å². The lowest BCUT2D eigenvalue weighted by Gasteiger charge is -1.95. The van der Waals surface area contributed by atoms with Crippen LogP contribution in [0.3, 0.4) is 0 Å². The first-order chi connectivity index (χ1) is 8.58. The maximum atomic E-state index is 11.3. The van der Waals surface area contributed by atoms with E-state index in [1.807, 2.05) is 19.1 Å². The number of nitrogens with two attached hydrogens (primary N) is 1. The van der Waals surface area contributed by atoms with Crippen molar-refractivity contribution in [2.45, 2.75) is 40.0 Å². The molecule has 0 aliphatic carbocycles. The van der Waals surface area contributed by atoms with Gasteiger partial charge in [-0.3, -0.25) is 4.79 Å². The maximum absolute atomic E-state index is 11.3. The van der Waals surface area contributed by atoms with Crippen molar-refractivity contribution in [1.29, 1.82) is 0 Å². The lowest BCUT2D eigenvalue weighted by molar-refractivity contribution is 0.0995. The summed E-state index contributed by atoms with van der Waals surface area (Å²) in [5.74, 6) is 0.322. The summed E-state index contributed by atoms with van der Waals surface area (Å²) >= 11 is 0. The minimum atomic E-state index is -0.477. The maximum Gasteiger partial charge on any atom is 0.269 e. The van der Waals surface area contributed by atoms with Gasteiger partial charge in [-0.05, 0) is 13.3 Å². The fourth-order valence-electron chi connectivity index (χ4n) is 1.74. The fraction of sp³-hybridized carbons (Fsp3) is 0.429. The Bertz CT molecular complexity index is 469. The van der Waals surface area contributed by atoms with Gasteiger partial charge in [0.05, 0.1) is 5.69 Å². The summed E-state index contributed by atoms with van der Waals surface area (Å²) < 4.78 is 0. The number of allylic oxidation sites excluding steroid dienone is 4. The van der Waals surface area contributed by atoms with E-state index < -0.39 is 5.91 Å². The van der Waals surface area contributed by atoms with Crippen LogP contribution >= 0.6 is 0 Å². The summed E-state index contributed by atoms with van der Waals surface area (Å²) in [7, 11) is 0. The number of carbonyl (C=O) groups excluding carboxylic acids is 1. The van der Waals surface area contributed by atoms with Gasteiger partial charge in [-0.25, -0.2) is 4.98 Å². The Morgan fingerprint density at radius 3 is 2.72 bits per heavy atom. The second-order valence-electron chi connectivity index (χ2n) is 4.19. The number of aromatic amines is 1. The zero-order valence-electron chi connectivity index (χ0n) is 11.3. The van der Waals surface area contributed by atoms with E-state index in [4.69, 9.17) is 5.73 Å². The van der Waals surface area contributed by atoms with Crippen molar-refractivity contribution in [3.8, 4) is 0 Å². The van der Waals surface area contributed by atoms with Gasteiger partial charge < -0.3 is 10.7 Å². The molecule has 4 nitrogen and oxygen atoms in total. The van der Waals surface area contributed by atoms with Gasteiger partial charge >= 0.3 is 0 Å². The highest BCUT2D eigenvalue weighted by molar-refractivity contribution is 5.92. The van der Waals surface area contributed by atoms with E-state index in [9.17, 15) is 4.79 Å². The van der Waals surface area contributed by atoms with E-state index in [0.717, 1.165) is 24.4 Å². The van der Waals surface area contributed by atoms with Gasteiger partial charge in [-0.2, -0.15) is 0 Å². The molecule has 0 radical (unpaired) electrons. The van der Waals surface area contributed by atoms with Crippen molar-refractivity contribution in [3.63, 3.8) is 0 Å². The molecule has 0 fully saturated rings. The van der Waals surface area contributed by atoms with Gasteiger partial charge in [0.2, 0.25) is 0 Å². The van der Waals surface area contributed by atoms with Crippen LogP contribution in [0.25, 0.3) is 0 Å². The summed E-state index contributed by atoms with van der Waals surface area (Å²) in [5, 5.41) is 0. The highest BCUT2D eigenvalue weighted by atomic mass is 16.1. The molecule has 1 aromatic heterocycles. The van der Waals surface area contributed by atoms with Gasteiger partial charge in [0, 0.05) is 12.8 Å². The van der Waals surface area contributed by atoms with E-state index in [1.165, 1.54) is 5.57 Å². The molecule has 3 N–H and O–H groups in total. The molecule has 0 aliphatic rings. The molecular weight excluding hydrogens is 226 g/mol. The molecule has 1 heterocycles. The fourth-order valence-corrected chi connectivity index (χ4v) is 1.74. The number of aryl methyl sites for hydroxylation is 1. The Morgan fingerprint density at radius 1 is 1.44 bits per heavy atom. The number of amides is 1. The summed E-state index contributed by atoms with van der Waals surface area (Å²) in [6.07, 6.45) is 8.63. The molecule has 0 aromatic carbocycles. The number of primary amides is 1. The van der Waals surface area contributed by atoms with Crippen LogP contribution in [-0.2, 0) is 12.8 Å². The standard InChI is InChI=1S/C14H21N3O/c1-4-7-10(3)8-6-9-11-13(14(15)18)17-12(5-2)16-11/h6-8H,4-5,9H2,1-3H3,(H2,15,18)(H,16,17). The minimum absolute atomic E-state index is 0.355. The van der Waals surface area contributed by atoms with Crippen molar-refractivity contribution in [2.24, 2.45) is 5.73 Å².